The number of hydrogen-bond acceptors (Lipinski definition) is 2. The molecule has 0 radical (unpaired) electrons. The molecule has 1 aromatic heterocycles. The molecule has 4 heteroatoms. The van der Waals surface area contributed by atoms with E-state index in [1.807, 2.05) is 54.9 Å². The van der Waals surface area contributed by atoms with Gasteiger partial charge >= 0.3 is 0 Å². The highest BCUT2D eigenvalue weighted by Crippen LogP contribution is 2.30. The Morgan fingerprint density at radius 3 is 2.68 bits per heavy atom. The van der Waals surface area contributed by atoms with Crippen molar-refractivity contribution < 1.29 is 0 Å². The first-order valence-corrected chi connectivity index (χ1v) is 8.21. The molecule has 0 aliphatic carbocycles. The van der Waals surface area contributed by atoms with Gasteiger partial charge in [-0.25, -0.2) is 0 Å². The molecule has 0 aliphatic rings. The third kappa shape index (κ3) is 3.29. The van der Waals surface area contributed by atoms with E-state index in [2.05, 4.69) is 17.1 Å². The highest BCUT2D eigenvalue weighted by molar-refractivity contribution is 6.32. The van der Waals surface area contributed by atoms with Crippen molar-refractivity contribution in [3.8, 4) is 29.5 Å². The third-order valence-electron chi connectivity index (χ3n) is 4.19. The number of hydrogen-bond donors (Lipinski definition) is 0. The summed E-state index contributed by atoms with van der Waals surface area (Å²) in [6.07, 6.45) is 5.48. The number of halogens is 1. The van der Waals surface area contributed by atoms with Gasteiger partial charge in [-0.05, 0) is 49.2 Å². The zero-order valence-corrected chi connectivity index (χ0v) is 14.8. The van der Waals surface area contributed by atoms with Gasteiger partial charge in [-0.3, -0.25) is 4.68 Å². The van der Waals surface area contributed by atoms with Crippen LogP contribution < -0.4 is 0 Å². The second-order valence-electron chi connectivity index (χ2n) is 5.85. The minimum atomic E-state index is 0.452. The van der Waals surface area contributed by atoms with Gasteiger partial charge in [0, 0.05) is 16.8 Å². The molecule has 0 unspecified atom stereocenters. The van der Waals surface area contributed by atoms with Crippen molar-refractivity contribution in [2.75, 3.05) is 0 Å². The molecule has 122 valence electrons. The molecular formula is C21H16ClN3. The van der Waals surface area contributed by atoms with Crippen LogP contribution in [0.15, 0.2) is 42.5 Å². The van der Waals surface area contributed by atoms with Crippen LogP contribution in [0.2, 0.25) is 5.02 Å². The lowest BCUT2D eigenvalue weighted by Gasteiger charge is -2.07. The van der Waals surface area contributed by atoms with Crippen molar-refractivity contribution in [3.63, 3.8) is 0 Å². The van der Waals surface area contributed by atoms with Crippen molar-refractivity contribution in [2.45, 2.75) is 20.4 Å². The molecule has 0 saturated carbocycles. The van der Waals surface area contributed by atoms with Crippen LogP contribution in [-0.4, -0.2) is 9.78 Å². The lowest BCUT2D eigenvalue weighted by Crippen LogP contribution is -2.04. The largest absolute Gasteiger partial charge is 0.265 e. The number of rotatable bonds is 3. The van der Waals surface area contributed by atoms with Crippen LogP contribution in [0.4, 0.5) is 0 Å². The van der Waals surface area contributed by atoms with E-state index in [1.54, 1.807) is 6.07 Å². The van der Waals surface area contributed by atoms with Crippen molar-refractivity contribution in [1.29, 1.82) is 5.26 Å². The molecule has 3 nitrogen and oxygen atoms in total. The molecule has 3 aromatic rings. The van der Waals surface area contributed by atoms with Gasteiger partial charge in [-0.1, -0.05) is 35.7 Å². The fraction of sp³-hybridized carbons (Fsp3) is 0.143. The molecule has 0 fully saturated rings. The van der Waals surface area contributed by atoms with Crippen LogP contribution in [0.25, 0.3) is 11.1 Å². The highest BCUT2D eigenvalue weighted by atomic mass is 35.5. The van der Waals surface area contributed by atoms with Crippen LogP contribution in [0.1, 0.15) is 28.1 Å². The molecule has 1 heterocycles. The molecule has 0 aliphatic heterocycles. The van der Waals surface area contributed by atoms with Gasteiger partial charge in [0.2, 0.25) is 0 Å². The van der Waals surface area contributed by atoms with E-state index in [0.717, 1.165) is 33.6 Å². The highest BCUT2D eigenvalue weighted by Gasteiger charge is 2.15. The number of benzene rings is 2. The van der Waals surface area contributed by atoms with E-state index in [9.17, 15) is 0 Å². The quantitative estimate of drug-likeness (QED) is 0.644. The first kappa shape index (κ1) is 16.8. The Labute approximate surface area is 152 Å². The van der Waals surface area contributed by atoms with Crippen LogP contribution >= 0.6 is 11.6 Å². The number of nitriles is 1. The van der Waals surface area contributed by atoms with Crippen LogP contribution in [0.3, 0.4) is 0 Å². The molecule has 0 saturated heterocycles. The minimum absolute atomic E-state index is 0.452. The maximum Gasteiger partial charge on any atom is 0.101 e. The fourth-order valence-corrected chi connectivity index (χ4v) is 3.19. The smallest absolute Gasteiger partial charge is 0.101 e. The van der Waals surface area contributed by atoms with Crippen LogP contribution in [0.5, 0.6) is 0 Å². The van der Waals surface area contributed by atoms with E-state index in [1.165, 1.54) is 0 Å². The molecular weight excluding hydrogens is 330 g/mol. The van der Waals surface area contributed by atoms with Crippen molar-refractivity contribution in [2.24, 2.45) is 0 Å². The third-order valence-corrected chi connectivity index (χ3v) is 4.50. The lowest BCUT2D eigenvalue weighted by atomic mass is 10.0. The van der Waals surface area contributed by atoms with Crippen molar-refractivity contribution >= 4 is 11.6 Å². The van der Waals surface area contributed by atoms with Gasteiger partial charge in [0.05, 0.1) is 22.8 Å². The Balaban J connectivity index is 2.00. The van der Waals surface area contributed by atoms with E-state index in [4.69, 9.17) is 23.3 Å². The van der Waals surface area contributed by atoms with Crippen LogP contribution in [0, 0.1) is 37.5 Å². The second kappa shape index (κ2) is 6.85. The summed E-state index contributed by atoms with van der Waals surface area (Å²) in [6.45, 7) is 4.65. The monoisotopic (exact) mass is 345 g/mol. The predicted molar refractivity (Wildman–Crippen MR) is 100 cm³/mol. The van der Waals surface area contributed by atoms with Gasteiger partial charge in [0.25, 0.3) is 0 Å². The Bertz CT molecular complexity index is 1030. The zero-order valence-electron chi connectivity index (χ0n) is 14.0. The number of aryl methyl sites for hydroxylation is 1. The van der Waals surface area contributed by atoms with Gasteiger partial charge < -0.3 is 0 Å². The van der Waals surface area contributed by atoms with E-state index in [-0.39, 0.29) is 0 Å². The summed E-state index contributed by atoms with van der Waals surface area (Å²) in [5.74, 6) is 2.66. The normalized spacial score (nSPS) is 10.3. The first-order chi connectivity index (χ1) is 12.0. The number of aromatic nitrogens is 2. The number of nitrogens with zero attached hydrogens (tertiary/aromatic N) is 3. The summed E-state index contributed by atoms with van der Waals surface area (Å²) in [7, 11) is 0. The average Bonchev–Trinajstić information content (AvgIpc) is 2.88. The summed E-state index contributed by atoms with van der Waals surface area (Å²) in [5, 5.41) is 14.2. The SMILES string of the molecule is C#Cc1cccc(Cn2nc(C)c(-c3ccc(C#N)c(Cl)c3)c2C)c1. The predicted octanol–water partition coefficient (Wildman–Crippen LogP) is 4.72. The second-order valence-corrected chi connectivity index (χ2v) is 6.26. The van der Waals surface area contributed by atoms with Crippen molar-refractivity contribution in [3.05, 3.63) is 75.6 Å². The van der Waals surface area contributed by atoms with E-state index >= 15 is 0 Å². The van der Waals surface area contributed by atoms with Gasteiger partial charge in [-0.15, -0.1) is 6.42 Å². The maximum atomic E-state index is 9.04. The fourth-order valence-electron chi connectivity index (χ4n) is 2.96. The Morgan fingerprint density at radius 1 is 1.20 bits per heavy atom. The molecule has 3 rings (SSSR count). The van der Waals surface area contributed by atoms with Gasteiger partial charge in [-0.2, -0.15) is 10.4 Å². The summed E-state index contributed by atoms with van der Waals surface area (Å²) in [4.78, 5) is 0. The van der Waals surface area contributed by atoms with Crippen LogP contribution in [-0.2, 0) is 6.54 Å². The average molecular weight is 346 g/mol. The lowest BCUT2D eigenvalue weighted by molar-refractivity contribution is 0.659. The standard InChI is InChI=1S/C21H16ClN3/c1-4-16-6-5-7-17(10-16)13-25-15(3)21(14(2)24-25)18-8-9-19(12-23)20(22)11-18/h1,5-11H,13H2,2-3H3. The minimum Gasteiger partial charge on any atom is -0.265 e. The van der Waals surface area contributed by atoms with Crippen molar-refractivity contribution in [1.82, 2.24) is 9.78 Å². The molecule has 0 bridgehead atoms. The van der Waals surface area contributed by atoms with E-state index in [0.29, 0.717) is 17.1 Å². The summed E-state index contributed by atoms with van der Waals surface area (Å²) < 4.78 is 1.96. The van der Waals surface area contributed by atoms with E-state index < -0.39 is 0 Å². The molecule has 0 atom stereocenters. The molecule has 25 heavy (non-hydrogen) atoms. The molecule has 0 amide bonds. The molecule has 0 N–H and O–H groups in total. The summed E-state index contributed by atoms with van der Waals surface area (Å²) >= 11 is 6.19. The Morgan fingerprint density at radius 2 is 2.00 bits per heavy atom. The molecule has 2 aromatic carbocycles. The maximum absolute atomic E-state index is 9.04. The van der Waals surface area contributed by atoms with Gasteiger partial charge in [0.1, 0.15) is 6.07 Å². The summed E-state index contributed by atoms with van der Waals surface area (Å²) in [5.41, 5.74) is 6.40. The first-order valence-electron chi connectivity index (χ1n) is 7.83. The topological polar surface area (TPSA) is 41.6 Å². The zero-order chi connectivity index (χ0) is 18.0. The Kier molecular flexibility index (Phi) is 4.61. The summed E-state index contributed by atoms with van der Waals surface area (Å²) in [6, 6.07) is 15.5. The molecule has 0 spiro atoms. The number of terminal acetylenes is 1. The van der Waals surface area contributed by atoms with Gasteiger partial charge in [0.15, 0.2) is 0 Å². The Hall–Kier alpha value is -3.01.